The number of rotatable bonds is 7. The second kappa shape index (κ2) is 8.42. The van der Waals surface area contributed by atoms with Gasteiger partial charge in [0.05, 0.1) is 11.4 Å². The summed E-state index contributed by atoms with van der Waals surface area (Å²) in [7, 11) is 0. The first kappa shape index (κ1) is 22.2. The highest BCUT2D eigenvalue weighted by Crippen LogP contribution is 2.68. The predicted octanol–water partition coefficient (Wildman–Crippen LogP) is 5.96. The van der Waals surface area contributed by atoms with Crippen LogP contribution in [0.25, 0.3) is 11.4 Å². The van der Waals surface area contributed by atoms with Gasteiger partial charge in [0.15, 0.2) is 0 Å². The Balaban J connectivity index is 1.33. The van der Waals surface area contributed by atoms with Gasteiger partial charge in [0, 0.05) is 47.6 Å². The van der Waals surface area contributed by atoms with E-state index < -0.39 is 0 Å². The SMILES string of the molecule is CC12CCC(c3c(-c4cccc(C(CNCc5ccccn5)c5ccccc5)n4)n[nH]c31)C2(C)C. The van der Waals surface area contributed by atoms with Crippen molar-refractivity contribution in [1.82, 2.24) is 25.5 Å². The summed E-state index contributed by atoms with van der Waals surface area (Å²) in [6.07, 6.45) is 4.30. The fourth-order valence-electron chi connectivity index (χ4n) is 6.46. The van der Waals surface area contributed by atoms with Crippen molar-refractivity contribution in [2.45, 2.75) is 57.4 Å². The van der Waals surface area contributed by atoms with E-state index in [1.54, 1.807) is 0 Å². The third kappa shape index (κ3) is 3.52. The van der Waals surface area contributed by atoms with Crippen molar-refractivity contribution >= 4 is 0 Å². The number of benzene rings is 1. The average molecular weight is 464 g/mol. The van der Waals surface area contributed by atoms with Crippen LogP contribution in [-0.2, 0) is 12.0 Å². The van der Waals surface area contributed by atoms with Gasteiger partial charge in [0.1, 0.15) is 5.69 Å². The summed E-state index contributed by atoms with van der Waals surface area (Å²) in [6.45, 7) is 8.76. The molecule has 2 aliphatic rings. The molecule has 5 heteroatoms. The number of hydrogen-bond donors (Lipinski definition) is 2. The third-order valence-electron chi connectivity index (χ3n) is 8.88. The standard InChI is InChI=1S/C30H33N5/c1-29(2)23-15-16-30(29,3)28-26(23)27(34-35-28)25-14-9-13-24(33-25)22(20-10-5-4-6-11-20)19-31-18-21-12-7-8-17-32-21/h4-14,17,22-23,31H,15-16,18-19H2,1-3H3,(H,34,35). The molecule has 35 heavy (non-hydrogen) atoms. The van der Waals surface area contributed by atoms with Crippen molar-refractivity contribution in [1.29, 1.82) is 0 Å². The van der Waals surface area contributed by atoms with Crippen LogP contribution in [-0.4, -0.2) is 26.7 Å². The van der Waals surface area contributed by atoms with Crippen LogP contribution in [0.15, 0.2) is 72.9 Å². The Morgan fingerprint density at radius 3 is 2.63 bits per heavy atom. The first-order chi connectivity index (χ1) is 17.0. The minimum atomic E-state index is 0.136. The summed E-state index contributed by atoms with van der Waals surface area (Å²) >= 11 is 0. The van der Waals surface area contributed by atoms with E-state index in [-0.39, 0.29) is 16.7 Å². The van der Waals surface area contributed by atoms with Crippen LogP contribution in [0.4, 0.5) is 0 Å². The molecule has 0 saturated heterocycles. The van der Waals surface area contributed by atoms with Gasteiger partial charge < -0.3 is 5.32 Å². The molecule has 0 amide bonds. The van der Waals surface area contributed by atoms with Crippen LogP contribution >= 0.6 is 0 Å². The molecule has 5 nitrogen and oxygen atoms in total. The molecule has 0 radical (unpaired) electrons. The molecule has 3 atom stereocenters. The Kier molecular flexibility index (Phi) is 5.33. The second-order valence-electron chi connectivity index (χ2n) is 10.9. The van der Waals surface area contributed by atoms with Gasteiger partial charge in [0.2, 0.25) is 0 Å². The highest BCUT2D eigenvalue weighted by molar-refractivity contribution is 5.66. The summed E-state index contributed by atoms with van der Waals surface area (Å²) < 4.78 is 0. The number of pyridine rings is 2. The van der Waals surface area contributed by atoms with Crippen LogP contribution in [0.3, 0.4) is 0 Å². The molecule has 2 bridgehead atoms. The molecule has 1 fully saturated rings. The Labute approximate surface area is 207 Å². The molecule has 4 aromatic rings. The monoisotopic (exact) mass is 463 g/mol. The van der Waals surface area contributed by atoms with Crippen molar-refractivity contribution in [2.75, 3.05) is 6.54 Å². The van der Waals surface area contributed by atoms with Crippen LogP contribution in [0.2, 0.25) is 0 Å². The van der Waals surface area contributed by atoms with E-state index in [0.717, 1.165) is 35.9 Å². The van der Waals surface area contributed by atoms with Crippen LogP contribution in [0, 0.1) is 5.41 Å². The number of nitrogens with zero attached hydrogens (tertiary/aromatic N) is 3. The van der Waals surface area contributed by atoms with Gasteiger partial charge >= 0.3 is 0 Å². The molecule has 1 aromatic carbocycles. The quantitative estimate of drug-likeness (QED) is 0.355. The van der Waals surface area contributed by atoms with E-state index in [0.29, 0.717) is 5.92 Å². The Morgan fingerprint density at radius 1 is 1.00 bits per heavy atom. The van der Waals surface area contributed by atoms with E-state index in [2.05, 4.69) is 90.8 Å². The molecule has 0 spiro atoms. The highest BCUT2D eigenvalue weighted by atomic mass is 15.2. The lowest BCUT2D eigenvalue weighted by molar-refractivity contribution is 0.225. The molecular weight excluding hydrogens is 430 g/mol. The summed E-state index contributed by atoms with van der Waals surface area (Å²) in [5.74, 6) is 0.670. The average Bonchev–Trinajstić information content (AvgIpc) is 3.47. The number of hydrogen-bond acceptors (Lipinski definition) is 4. The van der Waals surface area contributed by atoms with Crippen molar-refractivity contribution < 1.29 is 0 Å². The fourth-order valence-corrected chi connectivity index (χ4v) is 6.46. The van der Waals surface area contributed by atoms with Gasteiger partial charge in [-0.2, -0.15) is 5.10 Å². The molecule has 3 heterocycles. The number of aromatic amines is 1. The fraction of sp³-hybridized carbons (Fsp3) is 0.367. The van der Waals surface area contributed by atoms with E-state index in [9.17, 15) is 0 Å². The second-order valence-corrected chi connectivity index (χ2v) is 10.9. The Morgan fingerprint density at radius 2 is 1.83 bits per heavy atom. The lowest BCUT2D eigenvalue weighted by Gasteiger charge is -2.34. The summed E-state index contributed by atoms with van der Waals surface area (Å²) in [6, 6.07) is 23.1. The lowest BCUT2D eigenvalue weighted by Crippen LogP contribution is -2.32. The zero-order valence-corrected chi connectivity index (χ0v) is 20.8. The van der Waals surface area contributed by atoms with Gasteiger partial charge in [-0.1, -0.05) is 63.2 Å². The Bertz CT molecular complexity index is 1330. The van der Waals surface area contributed by atoms with Crippen molar-refractivity contribution in [3.8, 4) is 11.4 Å². The molecule has 1 saturated carbocycles. The summed E-state index contributed by atoms with van der Waals surface area (Å²) in [4.78, 5) is 9.66. The summed E-state index contributed by atoms with van der Waals surface area (Å²) in [5, 5.41) is 11.9. The molecule has 2 aliphatic carbocycles. The normalized spacial score (nSPS) is 22.8. The van der Waals surface area contributed by atoms with Gasteiger partial charge in [0.25, 0.3) is 0 Å². The smallest absolute Gasteiger partial charge is 0.114 e. The number of H-pyrrole nitrogens is 1. The lowest BCUT2D eigenvalue weighted by atomic mass is 9.70. The Hall–Kier alpha value is -3.31. The minimum absolute atomic E-state index is 0.136. The molecule has 3 unspecified atom stereocenters. The van der Waals surface area contributed by atoms with E-state index in [1.165, 1.54) is 29.7 Å². The summed E-state index contributed by atoms with van der Waals surface area (Å²) in [5.41, 5.74) is 8.51. The van der Waals surface area contributed by atoms with Crippen molar-refractivity contribution in [2.24, 2.45) is 5.41 Å². The maximum Gasteiger partial charge on any atom is 0.114 e. The van der Waals surface area contributed by atoms with Crippen molar-refractivity contribution in [3.05, 3.63) is 101 Å². The number of fused-ring (bicyclic) bond motifs is 5. The molecule has 178 valence electrons. The molecule has 3 aromatic heterocycles. The van der Waals surface area contributed by atoms with Gasteiger partial charge in [-0.3, -0.25) is 15.1 Å². The first-order valence-corrected chi connectivity index (χ1v) is 12.7. The maximum atomic E-state index is 5.21. The molecule has 2 N–H and O–H groups in total. The van der Waals surface area contributed by atoms with Gasteiger partial charge in [-0.05, 0) is 54.0 Å². The number of aromatic nitrogens is 4. The first-order valence-electron chi connectivity index (χ1n) is 12.7. The number of nitrogens with one attached hydrogen (secondary N) is 2. The predicted molar refractivity (Wildman–Crippen MR) is 139 cm³/mol. The van der Waals surface area contributed by atoms with Crippen LogP contribution in [0.1, 0.15) is 73.7 Å². The van der Waals surface area contributed by atoms with Crippen molar-refractivity contribution in [3.63, 3.8) is 0 Å². The molecule has 0 aliphatic heterocycles. The third-order valence-corrected chi connectivity index (χ3v) is 8.88. The minimum Gasteiger partial charge on any atom is -0.310 e. The van der Waals surface area contributed by atoms with E-state index in [4.69, 9.17) is 10.1 Å². The zero-order chi connectivity index (χ0) is 24.0. The van der Waals surface area contributed by atoms with Gasteiger partial charge in [-0.15, -0.1) is 0 Å². The van der Waals surface area contributed by atoms with Crippen LogP contribution in [0.5, 0.6) is 0 Å². The van der Waals surface area contributed by atoms with Crippen LogP contribution < -0.4 is 5.32 Å². The van der Waals surface area contributed by atoms with E-state index >= 15 is 0 Å². The maximum absolute atomic E-state index is 5.21. The molecule has 6 rings (SSSR count). The highest BCUT2D eigenvalue weighted by Gasteiger charge is 2.61. The van der Waals surface area contributed by atoms with E-state index in [1.807, 2.05) is 18.3 Å². The molecular formula is C30H33N5. The van der Waals surface area contributed by atoms with Gasteiger partial charge in [-0.25, -0.2) is 0 Å². The topological polar surface area (TPSA) is 66.5 Å². The zero-order valence-electron chi connectivity index (χ0n) is 20.8. The largest absolute Gasteiger partial charge is 0.310 e.